The topological polar surface area (TPSA) is 16.4 Å². The normalized spacial score (nSPS) is 21.9. The molecule has 0 radical (unpaired) electrons. The molecule has 4 aromatic rings. The summed E-state index contributed by atoms with van der Waals surface area (Å²) in [7, 11) is 0. The molecule has 0 saturated heterocycles. The van der Waals surface area contributed by atoms with Crippen LogP contribution in [-0.2, 0) is 0 Å². The lowest BCUT2D eigenvalue weighted by molar-refractivity contribution is 0.656. The number of hydrogen-bond acceptors (Lipinski definition) is 2. The fourth-order valence-corrected chi connectivity index (χ4v) is 5.71. The van der Waals surface area contributed by atoms with Gasteiger partial charge in [0.2, 0.25) is 0 Å². The van der Waals surface area contributed by atoms with Crippen molar-refractivity contribution in [2.75, 3.05) is 4.90 Å². The van der Waals surface area contributed by atoms with E-state index in [9.17, 15) is 0 Å². The summed E-state index contributed by atoms with van der Waals surface area (Å²) in [4.78, 5) is 2.53. The third kappa shape index (κ3) is 2.53. The Hall–Kier alpha value is -3.78. The molecule has 2 aliphatic carbocycles. The van der Waals surface area contributed by atoms with Gasteiger partial charge in [0.25, 0.3) is 0 Å². The van der Waals surface area contributed by atoms with E-state index in [1.807, 2.05) is 6.07 Å². The van der Waals surface area contributed by atoms with E-state index in [-0.39, 0.29) is 0 Å². The highest BCUT2D eigenvalue weighted by molar-refractivity contribution is 6.06. The van der Waals surface area contributed by atoms with Gasteiger partial charge in [-0.2, -0.15) is 0 Å². The fraction of sp³-hybridized carbons (Fsp3) is 0.133. The lowest BCUT2D eigenvalue weighted by Crippen LogP contribution is -2.30. The summed E-state index contributed by atoms with van der Waals surface area (Å²) < 4.78 is 6.36. The van der Waals surface area contributed by atoms with E-state index in [1.165, 1.54) is 38.9 Å². The average molecular weight is 414 g/mol. The molecule has 3 aliphatic rings. The number of hydrogen-bond donors (Lipinski definition) is 0. The molecule has 0 amide bonds. The molecular formula is C30H23NO. The van der Waals surface area contributed by atoms with Gasteiger partial charge in [0.05, 0.1) is 6.04 Å². The number of rotatable bonds is 2. The van der Waals surface area contributed by atoms with Gasteiger partial charge in [0.1, 0.15) is 11.2 Å². The maximum absolute atomic E-state index is 6.36. The Labute approximate surface area is 187 Å². The Bertz CT molecular complexity index is 1480. The van der Waals surface area contributed by atoms with Crippen molar-refractivity contribution >= 4 is 27.6 Å². The number of allylic oxidation sites excluding steroid dienone is 4. The van der Waals surface area contributed by atoms with Crippen molar-refractivity contribution in [3.05, 3.63) is 126 Å². The third-order valence-electron chi connectivity index (χ3n) is 7.14. The molecule has 0 spiro atoms. The van der Waals surface area contributed by atoms with Crippen molar-refractivity contribution in [3.8, 4) is 0 Å². The van der Waals surface area contributed by atoms with Gasteiger partial charge in [-0.05, 0) is 48.3 Å². The molecule has 2 unspecified atom stereocenters. The second kappa shape index (κ2) is 6.86. The smallest absolute Gasteiger partial charge is 0.139 e. The molecule has 2 atom stereocenters. The minimum Gasteiger partial charge on any atom is -0.456 e. The van der Waals surface area contributed by atoms with Crippen molar-refractivity contribution in [2.24, 2.45) is 0 Å². The molecule has 1 aromatic heterocycles. The van der Waals surface area contributed by atoms with Crippen LogP contribution in [0.25, 0.3) is 21.9 Å². The van der Waals surface area contributed by atoms with Gasteiger partial charge >= 0.3 is 0 Å². The second-order valence-electron chi connectivity index (χ2n) is 8.86. The average Bonchev–Trinajstić information content (AvgIpc) is 3.40. The van der Waals surface area contributed by atoms with Gasteiger partial charge in [-0.25, -0.2) is 0 Å². The first-order valence-corrected chi connectivity index (χ1v) is 11.4. The number of para-hydroxylation sites is 3. The Kier molecular flexibility index (Phi) is 3.83. The predicted octanol–water partition coefficient (Wildman–Crippen LogP) is 7.66. The Morgan fingerprint density at radius 2 is 1.69 bits per heavy atom. The summed E-state index contributed by atoms with van der Waals surface area (Å²) in [5, 5.41) is 2.40. The molecule has 32 heavy (non-hydrogen) atoms. The van der Waals surface area contributed by atoms with Crippen LogP contribution in [0, 0.1) is 0 Å². The van der Waals surface area contributed by atoms with Crippen molar-refractivity contribution in [2.45, 2.75) is 24.8 Å². The van der Waals surface area contributed by atoms with E-state index in [2.05, 4.69) is 102 Å². The van der Waals surface area contributed by atoms with Gasteiger partial charge in [-0.1, -0.05) is 78.9 Å². The zero-order valence-electron chi connectivity index (χ0n) is 17.7. The molecule has 2 heteroatoms. The maximum Gasteiger partial charge on any atom is 0.139 e. The molecule has 0 fully saturated rings. The molecule has 0 bridgehead atoms. The summed E-state index contributed by atoms with van der Waals surface area (Å²) in [6.07, 6.45) is 13.6. The minimum absolute atomic E-state index is 0.307. The Morgan fingerprint density at radius 1 is 0.844 bits per heavy atom. The Balaban J connectivity index is 1.34. The van der Waals surface area contributed by atoms with Crippen LogP contribution in [0.5, 0.6) is 0 Å². The van der Waals surface area contributed by atoms with Crippen LogP contribution < -0.4 is 4.90 Å². The first-order valence-electron chi connectivity index (χ1n) is 11.4. The predicted molar refractivity (Wildman–Crippen MR) is 132 cm³/mol. The highest BCUT2D eigenvalue weighted by Crippen LogP contribution is 2.48. The van der Waals surface area contributed by atoms with E-state index >= 15 is 0 Å². The van der Waals surface area contributed by atoms with E-state index in [1.54, 1.807) is 0 Å². The van der Waals surface area contributed by atoms with Crippen LogP contribution in [0.1, 0.15) is 24.3 Å². The van der Waals surface area contributed by atoms with Crippen molar-refractivity contribution in [1.82, 2.24) is 0 Å². The molecule has 7 rings (SSSR count). The lowest BCUT2D eigenvalue weighted by Gasteiger charge is -2.30. The van der Waals surface area contributed by atoms with Crippen molar-refractivity contribution in [1.29, 1.82) is 0 Å². The maximum atomic E-state index is 6.36. The van der Waals surface area contributed by atoms with Crippen LogP contribution >= 0.6 is 0 Å². The summed E-state index contributed by atoms with van der Waals surface area (Å²) in [6, 6.07) is 26.1. The van der Waals surface area contributed by atoms with E-state index in [4.69, 9.17) is 4.42 Å². The van der Waals surface area contributed by atoms with Gasteiger partial charge in [-0.3, -0.25) is 0 Å². The molecule has 2 nitrogen and oxygen atoms in total. The van der Waals surface area contributed by atoms with E-state index < -0.39 is 0 Å². The standard InChI is InChI=1S/C30H23NO/c1-2-9-21(10-3-1)31-27-15-6-4-11-23(27)26-19-20(17-18-28(26)31)22-13-8-14-25-24-12-5-7-16-29(24)32-30(22)25/h1-14,16-18,20,27H,15,19H2. The molecule has 1 aliphatic heterocycles. The van der Waals surface area contributed by atoms with Gasteiger partial charge in [-0.15, -0.1) is 0 Å². The van der Waals surface area contributed by atoms with Crippen molar-refractivity contribution in [3.63, 3.8) is 0 Å². The van der Waals surface area contributed by atoms with Gasteiger partial charge < -0.3 is 9.32 Å². The molecule has 0 saturated carbocycles. The van der Waals surface area contributed by atoms with E-state index in [0.717, 1.165) is 24.0 Å². The largest absolute Gasteiger partial charge is 0.456 e. The van der Waals surface area contributed by atoms with Crippen LogP contribution in [0.3, 0.4) is 0 Å². The second-order valence-corrected chi connectivity index (χ2v) is 8.86. The number of furan rings is 1. The third-order valence-corrected chi connectivity index (χ3v) is 7.14. The van der Waals surface area contributed by atoms with Crippen LogP contribution in [-0.4, -0.2) is 6.04 Å². The van der Waals surface area contributed by atoms with Gasteiger partial charge in [0, 0.05) is 33.6 Å². The summed E-state index contributed by atoms with van der Waals surface area (Å²) in [5.74, 6) is 0.307. The highest BCUT2D eigenvalue weighted by Gasteiger charge is 2.38. The monoisotopic (exact) mass is 413 g/mol. The molecular weight excluding hydrogens is 390 g/mol. The van der Waals surface area contributed by atoms with Crippen LogP contribution in [0.4, 0.5) is 5.69 Å². The van der Waals surface area contributed by atoms with E-state index in [0.29, 0.717) is 12.0 Å². The molecule has 2 heterocycles. The first-order chi connectivity index (χ1) is 15.9. The zero-order chi connectivity index (χ0) is 21.1. The highest BCUT2D eigenvalue weighted by atomic mass is 16.3. The zero-order valence-corrected chi connectivity index (χ0v) is 17.7. The summed E-state index contributed by atoms with van der Waals surface area (Å²) in [6.45, 7) is 0. The molecule has 154 valence electrons. The number of benzene rings is 3. The van der Waals surface area contributed by atoms with Gasteiger partial charge in [0.15, 0.2) is 0 Å². The molecule has 0 N–H and O–H groups in total. The van der Waals surface area contributed by atoms with Crippen molar-refractivity contribution < 1.29 is 4.42 Å². The molecule has 3 aromatic carbocycles. The number of fused-ring (bicyclic) bond motifs is 5. The summed E-state index contributed by atoms with van der Waals surface area (Å²) >= 11 is 0. The lowest BCUT2D eigenvalue weighted by atomic mass is 9.83. The summed E-state index contributed by atoms with van der Waals surface area (Å²) in [5.41, 5.74) is 8.84. The van der Waals surface area contributed by atoms with Crippen LogP contribution in [0.15, 0.2) is 124 Å². The van der Waals surface area contributed by atoms with Crippen LogP contribution in [0.2, 0.25) is 0 Å². The SMILES string of the molecule is C1=CCC2C(=C1)C1=C(C=CC(c3cccc4c3oc3ccccc34)C1)N2c1ccccc1. The quantitative estimate of drug-likeness (QED) is 0.335. The fourth-order valence-electron chi connectivity index (χ4n) is 5.71. The first kappa shape index (κ1) is 17.9. The number of nitrogens with zero attached hydrogens (tertiary/aromatic N) is 1. The number of anilines is 1. The Morgan fingerprint density at radius 3 is 2.62 bits per heavy atom. The minimum atomic E-state index is 0.307.